The number of anilines is 1. The van der Waals surface area contributed by atoms with Crippen LogP contribution in [0.3, 0.4) is 0 Å². The molecule has 1 aliphatic carbocycles. The number of carbonyl (C=O) groups is 1. The first-order valence-electron chi connectivity index (χ1n) is 8.69. The lowest BCUT2D eigenvalue weighted by molar-refractivity contribution is -0.547. The largest absolute Gasteiger partial charge is 0.851 e. The van der Waals surface area contributed by atoms with Crippen LogP contribution in [-0.4, -0.2) is 44.3 Å². The Labute approximate surface area is 144 Å². The van der Waals surface area contributed by atoms with Crippen LogP contribution in [0.1, 0.15) is 38.7 Å². The molecule has 0 amide bonds. The third-order valence-corrected chi connectivity index (χ3v) is 4.69. The summed E-state index contributed by atoms with van der Waals surface area (Å²) in [6, 6.07) is 7.75. The van der Waals surface area contributed by atoms with Crippen molar-refractivity contribution in [1.82, 2.24) is 0 Å². The summed E-state index contributed by atoms with van der Waals surface area (Å²) < 4.78 is 5.35. The summed E-state index contributed by atoms with van der Waals surface area (Å²) in [7, 11) is 0. The van der Waals surface area contributed by atoms with Gasteiger partial charge in [0.15, 0.2) is 5.78 Å². The highest BCUT2D eigenvalue weighted by Crippen LogP contribution is 2.39. The van der Waals surface area contributed by atoms with Gasteiger partial charge in [-0.15, -0.1) is 12.2 Å². The molecule has 2 atom stereocenters. The zero-order chi connectivity index (χ0) is 17.7. The summed E-state index contributed by atoms with van der Waals surface area (Å²) in [6.07, 6.45) is -0.574. The van der Waals surface area contributed by atoms with Crippen molar-refractivity contribution >= 4 is 11.5 Å². The molecule has 1 fully saturated rings. The van der Waals surface area contributed by atoms with E-state index >= 15 is 0 Å². The molecule has 0 heterocycles. The molecule has 0 radical (unpaired) electrons. The molecular formula is C19H27NO4-2. The molecule has 1 aromatic carbocycles. The van der Waals surface area contributed by atoms with Gasteiger partial charge >= 0.3 is 0 Å². The topological polar surface area (TPSA) is 75.7 Å². The van der Waals surface area contributed by atoms with E-state index in [1.807, 2.05) is 24.3 Å². The van der Waals surface area contributed by atoms with Gasteiger partial charge in [-0.1, -0.05) is 31.9 Å². The molecule has 0 N–H and O–H groups in total. The number of ketones is 1. The number of ether oxygens (including phenoxy) is 1. The zero-order valence-corrected chi connectivity index (χ0v) is 14.7. The molecule has 2 unspecified atom stereocenters. The second-order valence-electron chi connectivity index (χ2n) is 6.65. The van der Waals surface area contributed by atoms with E-state index in [4.69, 9.17) is 4.74 Å². The van der Waals surface area contributed by atoms with Crippen molar-refractivity contribution in [2.24, 2.45) is 5.92 Å². The molecule has 0 saturated heterocycles. The van der Waals surface area contributed by atoms with Gasteiger partial charge in [-0.25, -0.2) is 0 Å². The fourth-order valence-corrected chi connectivity index (χ4v) is 3.20. The van der Waals surface area contributed by atoms with Gasteiger partial charge in [0.25, 0.3) is 0 Å². The van der Waals surface area contributed by atoms with Crippen LogP contribution in [0, 0.1) is 5.92 Å². The summed E-state index contributed by atoms with van der Waals surface area (Å²) in [6.45, 7) is 7.59. The second-order valence-corrected chi connectivity index (χ2v) is 6.65. The van der Waals surface area contributed by atoms with Gasteiger partial charge in [0.2, 0.25) is 0 Å². The van der Waals surface area contributed by atoms with E-state index in [0.29, 0.717) is 13.2 Å². The summed E-state index contributed by atoms with van der Waals surface area (Å²) in [5, 5.41) is 23.9. The average molecular weight is 333 g/mol. The molecule has 5 heteroatoms. The van der Waals surface area contributed by atoms with Crippen LogP contribution in [0.5, 0.6) is 0 Å². The lowest BCUT2D eigenvalue weighted by Crippen LogP contribution is -2.64. The average Bonchev–Trinajstić information content (AvgIpc) is 2.58. The van der Waals surface area contributed by atoms with Crippen molar-refractivity contribution in [3.05, 3.63) is 29.8 Å². The second kappa shape index (κ2) is 8.60. The number of hydrogen-bond donors (Lipinski definition) is 0. The number of benzene rings is 1. The van der Waals surface area contributed by atoms with Gasteiger partial charge < -0.3 is 19.8 Å². The van der Waals surface area contributed by atoms with Gasteiger partial charge in [-0.3, -0.25) is 4.79 Å². The predicted octanol–water partition coefficient (Wildman–Crippen LogP) is 0.700. The molecule has 1 aliphatic rings. The third-order valence-electron chi connectivity index (χ3n) is 4.69. The first kappa shape index (κ1) is 18.9. The number of rotatable bonds is 9. The Morgan fingerprint density at radius 1 is 1.17 bits per heavy atom. The Hall–Kier alpha value is -1.43. The molecule has 5 nitrogen and oxygen atoms in total. The van der Waals surface area contributed by atoms with E-state index in [1.165, 1.54) is 6.92 Å². The summed E-state index contributed by atoms with van der Waals surface area (Å²) >= 11 is 0. The maximum Gasteiger partial charge on any atom is 0.155 e. The fourth-order valence-electron chi connectivity index (χ4n) is 3.20. The van der Waals surface area contributed by atoms with Gasteiger partial charge in [-0.2, -0.15) is 0 Å². The minimum absolute atomic E-state index is 0.0236. The highest BCUT2D eigenvalue weighted by Gasteiger charge is 2.34. The molecule has 0 aromatic heterocycles. The van der Waals surface area contributed by atoms with Crippen LogP contribution in [0.2, 0.25) is 0 Å². The quantitative estimate of drug-likeness (QED) is 0.622. The third kappa shape index (κ3) is 4.35. The minimum Gasteiger partial charge on any atom is -0.851 e. The number of carbonyl (C=O) groups excluding carboxylic acids is 1. The molecule has 0 bridgehead atoms. The van der Waals surface area contributed by atoms with Gasteiger partial charge in [-0.05, 0) is 37.0 Å². The van der Waals surface area contributed by atoms with Crippen molar-refractivity contribution in [3.63, 3.8) is 0 Å². The van der Waals surface area contributed by atoms with Gasteiger partial charge in [0.05, 0.1) is 6.61 Å². The van der Waals surface area contributed by atoms with Crippen molar-refractivity contribution in [2.45, 2.75) is 45.3 Å². The Kier molecular flexibility index (Phi) is 6.78. The van der Waals surface area contributed by atoms with Crippen molar-refractivity contribution in [1.29, 1.82) is 0 Å². The smallest absolute Gasteiger partial charge is 0.155 e. The fraction of sp³-hybridized carbons (Fsp3) is 0.632. The van der Waals surface area contributed by atoms with E-state index in [2.05, 4.69) is 11.8 Å². The lowest BCUT2D eigenvalue weighted by atomic mass is 9.67. The predicted molar refractivity (Wildman–Crippen MR) is 89.9 cm³/mol. The first-order valence-corrected chi connectivity index (χ1v) is 8.69. The molecule has 0 spiro atoms. The van der Waals surface area contributed by atoms with Crippen molar-refractivity contribution < 1.29 is 19.7 Å². The van der Waals surface area contributed by atoms with Crippen LogP contribution in [-0.2, 0) is 9.53 Å². The van der Waals surface area contributed by atoms with Crippen LogP contribution in [0.4, 0.5) is 5.69 Å². The number of Topliss-reactive ketones (excluding diaryl/α,β-unsaturated/α-hetero) is 1. The van der Waals surface area contributed by atoms with Crippen molar-refractivity contribution in [2.75, 3.05) is 31.2 Å². The van der Waals surface area contributed by atoms with E-state index in [9.17, 15) is 15.0 Å². The minimum atomic E-state index is -0.787. The molecule has 134 valence electrons. The summed E-state index contributed by atoms with van der Waals surface area (Å²) in [5.41, 5.74) is 1.89. The Morgan fingerprint density at radius 3 is 2.33 bits per heavy atom. The molecule has 24 heavy (non-hydrogen) atoms. The van der Waals surface area contributed by atoms with E-state index in [-0.39, 0.29) is 18.3 Å². The van der Waals surface area contributed by atoms with Gasteiger partial charge in [0, 0.05) is 18.8 Å². The Bertz CT molecular complexity index is 521. The first-order chi connectivity index (χ1) is 11.5. The van der Waals surface area contributed by atoms with E-state index in [0.717, 1.165) is 24.2 Å². The van der Waals surface area contributed by atoms with Crippen molar-refractivity contribution in [3.8, 4) is 0 Å². The highest BCUT2D eigenvalue weighted by atomic mass is 16.5. The highest BCUT2D eigenvalue weighted by molar-refractivity contribution is 5.76. The maximum atomic E-state index is 12.0. The maximum absolute atomic E-state index is 12.0. The standard InChI is InChI=1S/C19H27NO4/c1-4-9-20(10-11-24-12-13(2)21)16-7-5-15(6-8-16)17-18(22)14(3)19(17)23/h5-8,14,17-19H,4,9-12H2,1-3H3/q-2. The van der Waals surface area contributed by atoms with E-state index < -0.39 is 18.1 Å². The number of hydrogen-bond acceptors (Lipinski definition) is 5. The zero-order valence-electron chi connectivity index (χ0n) is 14.7. The van der Waals surface area contributed by atoms with Gasteiger partial charge in [0.1, 0.15) is 6.61 Å². The molecular weight excluding hydrogens is 306 g/mol. The number of nitrogens with zero attached hydrogens (tertiary/aromatic N) is 1. The molecule has 2 rings (SSSR count). The molecule has 1 saturated carbocycles. The monoisotopic (exact) mass is 333 g/mol. The summed E-state index contributed by atoms with van der Waals surface area (Å²) in [5.74, 6) is -0.673. The van der Waals surface area contributed by atoms with E-state index in [1.54, 1.807) is 6.92 Å². The Morgan fingerprint density at radius 2 is 1.79 bits per heavy atom. The van der Waals surface area contributed by atoms with Crippen LogP contribution >= 0.6 is 0 Å². The lowest BCUT2D eigenvalue weighted by Gasteiger charge is -2.60. The molecule has 0 aliphatic heterocycles. The van der Waals surface area contributed by atoms with Crippen LogP contribution in [0.25, 0.3) is 0 Å². The SMILES string of the molecule is CCCN(CCOCC(C)=O)c1ccc(C2C([O-])C(C)C2[O-])cc1. The Balaban J connectivity index is 1.96. The van der Waals surface area contributed by atoms with Crippen LogP contribution < -0.4 is 15.1 Å². The summed E-state index contributed by atoms with van der Waals surface area (Å²) in [4.78, 5) is 13.1. The molecule has 1 aromatic rings. The normalized spacial score (nSPS) is 26.0. The van der Waals surface area contributed by atoms with Crippen LogP contribution in [0.15, 0.2) is 24.3 Å².